The van der Waals surface area contributed by atoms with Gasteiger partial charge in [-0.05, 0) is 31.7 Å². The van der Waals surface area contributed by atoms with E-state index in [1.54, 1.807) is 19.1 Å². The van der Waals surface area contributed by atoms with Crippen LogP contribution in [0.15, 0.2) is 18.2 Å². The van der Waals surface area contributed by atoms with Crippen LogP contribution < -0.4 is 4.74 Å². The Morgan fingerprint density at radius 2 is 2.05 bits per heavy atom. The number of esters is 1. The van der Waals surface area contributed by atoms with Crippen LogP contribution in [0.1, 0.15) is 31.2 Å². The van der Waals surface area contributed by atoms with Crippen LogP contribution >= 0.6 is 0 Å². The van der Waals surface area contributed by atoms with Crippen molar-refractivity contribution in [3.05, 3.63) is 33.9 Å². The second-order valence-corrected chi connectivity index (χ2v) is 4.42. The zero-order valence-electron chi connectivity index (χ0n) is 11.8. The molecule has 0 atom stereocenters. The smallest absolute Gasteiger partial charge is 0.311 e. The molecule has 6 heteroatoms. The van der Waals surface area contributed by atoms with Crippen molar-refractivity contribution in [3.8, 4) is 5.75 Å². The molecule has 0 aliphatic rings. The van der Waals surface area contributed by atoms with Gasteiger partial charge in [0.2, 0.25) is 0 Å². The first kappa shape index (κ1) is 15.9. The average Bonchev–Trinajstić information content (AvgIpc) is 2.43. The molecule has 0 aliphatic heterocycles. The number of nitrogens with zero attached hydrogens (tertiary/aromatic N) is 1. The Hall–Kier alpha value is -2.11. The van der Waals surface area contributed by atoms with Gasteiger partial charge >= 0.3 is 11.7 Å². The molecule has 20 heavy (non-hydrogen) atoms. The average molecular weight is 281 g/mol. The van der Waals surface area contributed by atoms with Crippen LogP contribution in [0.5, 0.6) is 5.75 Å². The fraction of sp³-hybridized carbons (Fsp3) is 0.500. The summed E-state index contributed by atoms with van der Waals surface area (Å²) in [6.45, 7) is 2.17. The number of methoxy groups -OCH3 is 1. The minimum absolute atomic E-state index is 0.0143. The topological polar surface area (TPSA) is 78.7 Å². The number of nitro groups is 1. The van der Waals surface area contributed by atoms with Gasteiger partial charge < -0.3 is 9.47 Å². The molecule has 0 radical (unpaired) electrons. The zero-order valence-corrected chi connectivity index (χ0v) is 11.8. The summed E-state index contributed by atoms with van der Waals surface area (Å²) in [7, 11) is 1.36. The number of rotatable bonds is 8. The summed E-state index contributed by atoms with van der Waals surface area (Å²) in [5.41, 5.74) is 0.730. The number of ether oxygens (including phenoxy) is 2. The van der Waals surface area contributed by atoms with Crippen molar-refractivity contribution in [1.29, 1.82) is 0 Å². The first-order valence-corrected chi connectivity index (χ1v) is 6.50. The van der Waals surface area contributed by atoms with Crippen molar-refractivity contribution in [2.45, 2.75) is 32.6 Å². The van der Waals surface area contributed by atoms with Crippen LogP contribution in [0.2, 0.25) is 0 Å². The monoisotopic (exact) mass is 281 g/mol. The molecule has 0 N–H and O–H groups in total. The van der Waals surface area contributed by atoms with Crippen molar-refractivity contribution in [1.82, 2.24) is 0 Å². The molecule has 0 aliphatic carbocycles. The van der Waals surface area contributed by atoms with Crippen molar-refractivity contribution in [2.75, 3.05) is 13.7 Å². The summed E-state index contributed by atoms with van der Waals surface area (Å²) in [4.78, 5) is 21.3. The number of carbonyl (C=O) groups is 1. The van der Waals surface area contributed by atoms with Gasteiger partial charge in [0.25, 0.3) is 0 Å². The third-order valence-electron chi connectivity index (χ3n) is 2.89. The lowest BCUT2D eigenvalue weighted by molar-refractivity contribution is -0.385. The Labute approximate surface area is 117 Å². The van der Waals surface area contributed by atoms with E-state index in [9.17, 15) is 14.9 Å². The molecule has 0 fully saturated rings. The Morgan fingerprint density at radius 1 is 1.30 bits per heavy atom. The molecule has 1 rings (SSSR count). The van der Waals surface area contributed by atoms with E-state index in [4.69, 9.17) is 4.74 Å². The van der Waals surface area contributed by atoms with Crippen molar-refractivity contribution in [2.24, 2.45) is 0 Å². The predicted octanol–water partition coefficient (Wildman–Crippen LogP) is 3.02. The van der Waals surface area contributed by atoms with Gasteiger partial charge in [-0.1, -0.05) is 12.1 Å². The van der Waals surface area contributed by atoms with Crippen LogP contribution in [0.25, 0.3) is 0 Å². The maximum absolute atomic E-state index is 10.9. The number of para-hydroxylation sites is 1. The quantitative estimate of drug-likeness (QED) is 0.317. The van der Waals surface area contributed by atoms with E-state index >= 15 is 0 Å². The van der Waals surface area contributed by atoms with Gasteiger partial charge in [-0.15, -0.1) is 0 Å². The molecular formula is C14H19NO5. The van der Waals surface area contributed by atoms with Gasteiger partial charge in [-0.25, -0.2) is 0 Å². The van der Waals surface area contributed by atoms with Gasteiger partial charge in [-0.3, -0.25) is 14.9 Å². The molecule has 6 nitrogen and oxygen atoms in total. The number of aryl methyl sites for hydroxylation is 1. The van der Waals surface area contributed by atoms with Gasteiger partial charge in [0.15, 0.2) is 5.75 Å². The second-order valence-electron chi connectivity index (χ2n) is 4.42. The highest BCUT2D eigenvalue weighted by atomic mass is 16.6. The maximum Gasteiger partial charge on any atom is 0.311 e. The molecule has 0 saturated heterocycles. The van der Waals surface area contributed by atoms with E-state index in [0.29, 0.717) is 18.8 Å². The van der Waals surface area contributed by atoms with Crippen LogP contribution in [0, 0.1) is 17.0 Å². The van der Waals surface area contributed by atoms with E-state index in [0.717, 1.165) is 24.8 Å². The highest BCUT2D eigenvalue weighted by molar-refractivity contribution is 5.68. The molecule has 0 saturated carbocycles. The summed E-state index contributed by atoms with van der Waals surface area (Å²) in [6.07, 6.45) is 2.67. The van der Waals surface area contributed by atoms with Crippen molar-refractivity contribution in [3.63, 3.8) is 0 Å². The molecule has 0 amide bonds. The lowest BCUT2D eigenvalue weighted by Crippen LogP contribution is -2.03. The molecule has 0 spiro atoms. The number of hydrogen-bond donors (Lipinski definition) is 0. The maximum atomic E-state index is 10.9. The third-order valence-corrected chi connectivity index (χ3v) is 2.89. The lowest BCUT2D eigenvalue weighted by atomic mass is 10.2. The predicted molar refractivity (Wildman–Crippen MR) is 73.8 cm³/mol. The molecule has 110 valence electrons. The molecule has 0 heterocycles. The summed E-state index contributed by atoms with van der Waals surface area (Å²) >= 11 is 0. The standard InChI is InChI=1S/C14H19NO5/c1-11-7-6-8-12(15(17)18)14(11)20-10-5-3-4-9-13(16)19-2/h6-8H,3-5,9-10H2,1-2H3. The van der Waals surface area contributed by atoms with Crippen LogP contribution in [0.3, 0.4) is 0 Å². The molecular weight excluding hydrogens is 262 g/mol. The van der Waals surface area contributed by atoms with Gasteiger partial charge in [0.05, 0.1) is 18.6 Å². The first-order valence-electron chi connectivity index (χ1n) is 6.50. The number of hydrogen-bond acceptors (Lipinski definition) is 5. The Balaban J connectivity index is 2.39. The SMILES string of the molecule is COC(=O)CCCCCOc1c(C)cccc1[N+](=O)[O-]. The van der Waals surface area contributed by atoms with Crippen LogP contribution in [-0.4, -0.2) is 24.6 Å². The normalized spacial score (nSPS) is 10.1. The third kappa shape index (κ3) is 4.87. The lowest BCUT2D eigenvalue weighted by Gasteiger charge is -2.09. The van der Waals surface area contributed by atoms with E-state index in [2.05, 4.69) is 4.74 Å². The Kier molecular flexibility index (Phi) is 6.49. The van der Waals surface area contributed by atoms with Crippen LogP contribution in [0.4, 0.5) is 5.69 Å². The summed E-state index contributed by atoms with van der Waals surface area (Å²) < 4.78 is 10.0. The first-order chi connectivity index (χ1) is 9.56. The Bertz CT molecular complexity index is 473. The largest absolute Gasteiger partial charge is 0.487 e. The molecule has 1 aromatic rings. The minimum Gasteiger partial charge on any atom is -0.487 e. The van der Waals surface area contributed by atoms with Crippen molar-refractivity contribution >= 4 is 11.7 Å². The van der Waals surface area contributed by atoms with E-state index in [1.165, 1.54) is 13.2 Å². The van der Waals surface area contributed by atoms with Crippen molar-refractivity contribution < 1.29 is 19.2 Å². The molecule has 1 aromatic carbocycles. The van der Waals surface area contributed by atoms with Gasteiger partial charge in [0, 0.05) is 12.5 Å². The highest BCUT2D eigenvalue weighted by Crippen LogP contribution is 2.30. The zero-order chi connectivity index (χ0) is 15.0. The number of benzene rings is 1. The number of unbranched alkanes of at least 4 members (excludes halogenated alkanes) is 2. The summed E-state index contributed by atoms with van der Waals surface area (Å²) in [5.74, 6) is 0.103. The van der Waals surface area contributed by atoms with E-state index < -0.39 is 4.92 Å². The molecule has 0 bridgehead atoms. The van der Waals surface area contributed by atoms with Crippen LogP contribution in [-0.2, 0) is 9.53 Å². The fourth-order valence-corrected chi connectivity index (χ4v) is 1.79. The fourth-order valence-electron chi connectivity index (χ4n) is 1.79. The summed E-state index contributed by atoms with van der Waals surface area (Å²) in [5, 5.41) is 10.9. The second kappa shape index (κ2) is 8.14. The number of carbonyl (C=O) groups excluding carboxylic acids is 1. The minimum atomic E-state index is -0.445. The highest BCUT2D eigenvalue weighted by Gasteiger charge is 2.16. The Morgan fingerprint density at radius 3 is 2.70 bits per heavy atom. The van der Waals surface area contributed by atoms with E-state index in [-0.39, 0.29) is 11.7 Å². The van der Waals surface area contributed by atoms with Gasteiger partial charge in [-0.2, -0.15) is 0 Å². The van der Waals surface area contributed by atoms with Gasteiger partial charge in [0.1, 0.15) is 0 Å². The molecule has 0 aromatic heterocycles. The summed E-state index contributed by atoms with van der Waals surface area (Å²) in [6, 6.07) is 4.84. The van der Waals surface area contributed by atoms with E-state index in [1.807, 2.05) is 0 Å². The number of nitro benzene ring substituents is 1. The molecule has 0 unspecified atom stereocenters.